The van der Waals surface area contributed by atoms with Crippen molar-refractivity contribution in [1.82, 2.24) is 5.32 Å². The molecule has 0 aromatic rings. The van der Waals surface area contributed by atoms with Crippen LogP contribution in [0, 0.1) is 17.3 Å². The molecule has 114 valence electrons. The number of rotatable bonds is 4. The van der Waals surface area contributed by atoms with Gasteiger partial charge in [-0.25, -0.2) is 0 Å². The van der Waals surface area contributed by atoms with Crippen LogP contribution in [-0.2, 0) is 0 Å². The zero-order valence-electron chi connectivity index (χ0n) is 14.1. The summed E-state index contributed by atoms with van der Waals surface area (Å²) in [5.41, 5.74) is -0.450. The normalized spacial score (nSPS) is 26.5. The Labute approximate surface area is 120 Å². The molecule has 1 saturated carbocycles. The lowest BCUT2D eigenvalue weighted by Crippen LogP contribution is -2.57. The van der Waals surface area contributed by atoms with E-state index in [1.54, 1.807) is 0 Å². The highest BCUT2D eigenvalue weighted by Crippen LogP contribution is 2.39. The van der Waals surface area contributed by atoms with E-state index in [9.17, 15) is 5.11 Å². The summed E-state index contributed by atoms with van der Waals surface area (Å²) < 4.78 is 0. The SMILES string of the molecule is CC(C)(C)C1CCC(CNC(C)(C)C(C)(C)O)CC1. The van der Waals surface area contributed by atoms with Gasteiger partial charge in [0.05, 0.1) is 5.60 Å². The average Bonchev–Trinajstić information content (AvgIpc) is 2.24. The largest absolute Gasteiger partial charge is 0.389 e. The molecular formula is C17H35NO. The zero-order chi connectivity index (χ0) is 14.9. The van der Waals surface area contributed by atoms with Gasteiger partial charge >= 0.3 is 0 Å². The Kier molecular flexibility index (Phi) is 5.12. The highest BCUT2D eigenvalue weighted by atomic mass is 16.3. The van der Waals surface area contributed by atoms with Gasteiger partial charge in [0.2, 0.25) is 0 Å². The van der Waals surface area contributed by atoms with E-state index in [0.29, 0.717) is 5.41 Å². The Hall–Kier alpha value is -0.0800. The van der Waals surface area contributed by atoms with Crippen molar-refractivity contribution in [2.45, 2.75) is 85.3 Å². The molecule has 0 aromatic heterocycles. The van der Waals surface area contributed by atoms with Gasteiger partial charge in [-0.15, -0.1) is 0 Å². The van der Waals surface area contributed by atoms with E-state index in [-0.39, 0.29) is 5.54 Å². The van der Waals surface area contributed by atoms with Gasteiger partial charge in [-0.05, 0) is 77.2 Å². The van der Waals surface area contributed by atoms with Crippen molar-refractivity contribution >= 4 is 0 Å². The lowest BCUT2D eigenvalue weighted by atomic mass is 9.69. The van der Waals surface area contributed by atoms with Crippen LogP contribution in [0.15, 0.2) is 0 Å². The molecule has 1 rings (SSSR count). The molecule has 0 unspecified atom stereocenters. The van der Waals surface area contributed by atoms with E-state index in [4.69, 9.17) is 0 Å². The molecule has 0 aromatic carbocycles. The first-order chi connectivity index (χ1) is 8.43. The maximum Gasteiger partial charge on any atom is 0.0767 e. The molecule has 2 N–H and O–H groups in total. The maximum atomic E-state index is 10.2. The standard InChI is InChI=1S/C17H35NO/c1-15(2,3)14-10-8-13(9-11-14)12-18-16(4,5)17(6,7)19/h13-14,18-19H,8-12H2,1-7H3. The summed E-state index contributed by atoms with van der Waals surface area (Å²) in [6, 6.07) is 0. The van der Waals surface area contributed by atoms with E-state index < -0.39 is 5.60 Å². The van der Waals surface area contributed by atoms with Gasteiger partial charge in [0.25, 0.3) is 0 Å². The summed E-state index contributed by atoms with van der Waals surface area (Å²) in [7, 11) is 0. The molecule has 0 atom stereocenters. The molecule has 0 saturated heterocycles. The van der Waals surface area contributed by atoms with Crippen LogP contribution < -0.4 is 5.32 Å². The van der Waals surface area contributed by atoms with Gasteiger partial charge in [-0.2, -0.15) is 0 Å². The van der Waals surface area contributed by atoms with Crippen LogP contribution in [0.25, 0.3) is 0 Å². The zero-order valence-corrected chi connectivity index (χ0v) is 14.1. The van der Waals surface area contributed by atoms with E-state index in [2.05, 4.69) is 39.9 Å². The smallest absolute Gasteiger partial charge is 0.0767 e. The molecule has 2 nitrogen and oxygen atoms in total. The van der Waals surface area contributed by atoms with Crippen molar-refractivity contribution in [3.63, 3.8) is 0 Å². The summed E-state index contributed by atoms with van der Waals surface area (Å²) in [5, 5.41) is 13.7. The van der Waals surface area contributed by atoms with Crippen molar-refractivity contribution < 1.29 is 5.11 Å². The summed E-state index contributed by atoms with van der Waals surface area (Å²) in [5.74, 6) is 1.66. The van der Waals surface area contributed by atoms with E-state index >= 15 is 0 Å². The highest BCUT2D eigenvalue weighted by Gasteiger charge is 2.36. The quantitative estimate of drug-likeness (QED) is 0.809. The molecule has 0 spiro atoms. The lowest BCUT2D eigenvalue weighted by molar-refractivity contribution is -0.00748. The number of nitrogens with one attached hydrogen (secondary N) is 1. The average molecular weight is 269 g/mol. The minimum Gasteiger partial charge on any atom is -0.389 e. The monoisotopic (exact) mass is 269 g/mol. The van der Waals surface area contributed by atoms with Crippen LogP contribution in [0.3, 0.4) is 0 Å². The Bertz CT molecular complexity index is 275. The van der Waals surface area contributed by atoms with Gasteiger partial charge in [-0.3, -0.25) is 0 Å². The minimum absolute atomic E-state index is 0.228. The molecule has 1 aliphatic carbocycles. The summed E-state index contributed by atoms with van der Waals surface area (Å²) in [4.78, 5) is 0. The highest BCUT2D eigenvalue weighted by molar-refractivity contribution is 4.94. The van der Waals surface area contributed by atoms with Crippen LogP contribution >= 0.6 is 0 Å². The molecule has 0 bridgehead atoms. The Morgan fingerprint density at radius 1 is 0.895 bits per heavy atom. The molecule has 2 heteroatoms. The summed E-state index contributed by atoms with van der Waals surface area (Å²) in [6.07, 6.45) is 5.38. The van der Waals surface area contributed by atoms with Gasteiger partial charge in [0.1, 0.15) is 0 Å². The Morgan fingerprint density at radius 2 is 1.37 bits per heavy atom. The maximum absolute atomic E-state index is 10.2. The molecular weight excluding hydrogens is 234 g/mol. The fourth-order valence-electron chi connectivity index (χ4n) is 2.85. The van der Waals surface area contributed by atoms with Crippen molar-refractivity contribution in [1.29, 1.82) is 0 Å². The predicted octanol–water partition coefficient (Wildman–Crippen LogP) is 3.98. The molecule has 19 heavy (non-hydrogen) atoms. The first kappa shape index (κ1) is 17.0. The topological polar surface area (TPSA) is 32.3 Å². The first-order valence-electron chi connectivity index (χ1n) is 7.91. The molecule has 0 amide bonds. The van der Waals surface area contributed by atoms with Crippen molar-refractivity contribution in [2.75, 3.05) is 6.54 Å². The fraction of sp³-hybridized carbons (Fsp3) is 1.00. The van der Waals surface area contributed by atoms with E-state index in [0.717, 1.165) is 18.4 Å². The molecule has 0 radical (unpaired) electrons. The van der Waals surface area contributed by atoms with Crippen molar-refractivity contribution in [3.8, 4) is 0 Å². The van der Waals surface area contributed by atoms with Crippen LogP contribution in [0.5, 0.6) is 0 Å². The molecule has 1 fully saturated rings. The van der Waals surface area contributed by atoms with Crippen LogP contribution in [-0.4, -0.2) is 22.8 Å². The first-order valence-corrected chi connectivity index (χ1v) is 7.91. The Balaban J connectivity index is 2.39. The molecule has 0 heterocycles. The number of hydrogen-bond acceptors (Lipinski definition) is 2. The van der Waals surface area contributed by atoms with Crippen LogP contribution in [0.4, 0.5) is 0 Å². The fourth-order valence-corrected chi connectivity index (χ4v) is 2.85. The second-order valence-electron chi connectivity index (χ2n) is 8.65. The summed E-state index contributed by atoms with van der Waals surface area (Å²) >= 11 is 0. The van der Waals surface area contributed by atoms with E-state index in [1.807, 2.05) is 13.8 Å². The minimum atomic E-state index is -0.685. The van der Waals surface area contributed by atoms with E-state index in [1.165, 1.54) is 25.7 Å². The third kappa shape index (κ3) is 4.75. The number of aliphatic hydroxyl groups is 1. The number of hydrogen-bond donors (Lipinski definition) is 2. The van der Waals surface area contributed by atoms with Crippen molar-refractivity contribution in [3.05, 3.63) is 0 Å². The third-order valence-electron chi connectivity index (χ3n) is 5.43. The van der Waals surface area contributed by atoms with Crippen LogP contribution in [0.1, 0.15) is 74.1 Å². The van der Waals surface area contributed by atoms with Gasteiger partial charge in [-0.1, -0.05) is 20.8 Å². The molecule has 0 aliphatic heterocycles. The Morgan fingerprint density at radius 3 is 1.74 bits per heavy atom. The van der Waals surface area contributed by atoms with Gasteiger partial charge < -0.3 is 10.4 Å². The summed E-state index contributed by atoms with van der Waals surface area (Å²) in [6.45, 7) is 16.1. The second-order valence-corrected chi connectivity index (χ2v) is 8.65. The predicted molar refractivity (Wildman–Crippen MR) is 83.3 cm³/mol. The third-order valence-corrected chi connectivity index (χ3v) is 5.43. The van der Waals surface area contributed by atoms with Crippen LogP contribution in [0.2, 0.25) is 0 Å². The lowest BCUT2D eigenvalue weighted by Gasteiger charge is -2.41. The second kappa shape index (κ2) is 5.73. The van der Waals surface area contributed by atoms with Gasteiger partial charge in [0.15, 0.2) is 0 Å². The van der Waals surface area contributed by atoms with Gasteiger partial charge in [0, 0.05) is 5.54 Å². The molecule has 1 aliphatic rings. The van der Waals surface area contributed by atoms with Crippen molar-refractivity contribution in [2.24, 2.45) is 17.3 Å².